The Kier molecular flexibility index (Phi) is 11.3. The highest BCUT2D eigenvalue weighted by Crippen LogP contribution is 2.38. The first-order valence-corrected chi connectivity index (χ1v) is 14.7. The predicted octanol–water partition coefficient (Wildman–Crippen LogP) is 4.19. The number of amides is 1. The van der Waals surface area contributed by atoms with E-state index in [1.165, 1.54) is 6.08 Å². The van der Waals surface area contributed by atoms with Gasteiger partial charge in [-0.3, -0.25) is 4.79 Å². The third-order valence-corrected chi connectivity index (χ3v) is 7.33. The van der Waals surface area contributed by atoms with Crippen LogP contribution in [0.4, 0.5) is 23.0 Å². The van der Waals surface area contributed by atoms with Crippen molar-refractivity contribution in [2.45, 2.75) is 6.42 Å². The molecule has 11 heteroatoms. The molecular weight excluding hydrogens is 556 g/mol. The molecule has 0 saturated heterocycles. The molecule has 0 aliphatic rings. The number of methoxy groups -OCH3 is 1. The molecular formula is C33H44N8O3. The number of hydrogen-bond donors (Lipinski definition) is 3. The summed E-state index contributed by atoms with van der Waals surface area (Å²) in [5.41, 5.74) is 5.00. The van der Waals surface area contributed by atoms with Gasteiger partial charge in [0.15, 0.2) is 0 Å². The highest BCUT2D eigenvalue weighted by atomic mass is 16.5. The first kappa shape index (κ1) is 32.5. The Morgan fingerprint density at radius 2 is 1.86 bits per heavy atom. The molecule has 0 saturated carbocycles. The fourth-order valence-corrected chi connectivity index (χ4v) is 4.90. The number of fused-ring (bicyclic) bond motifs is 1. The predicted molar refractivity (Wildman–Crippen MR) is 179 cm³/mol. The molecule has 0 radical (unpaired) electrons. The summed E-state index contributed by atoms with van der Waals surface area (Å²) in [5.74, 6) is 0.758. The molecule has 1 amide bonds. The molecule has 0 aliphatic carbocycles. The number of carbonyl (C=O) groups excluding carboxylic acids is 1. The maximum Gasteiger partial charge on any atom is 0.248 e. The molecule has 2 heterocycles. The summed E-state index contributed by atoms with van der Waals surface area (Å²) in [7, 11) is 11.6. The van der Waals surface area contributed by atoms with Crippen LogP contribution in [-0.2, 0) is 11.8 Å². The second kappa shape index (κ2) is 15.3. The van der Waals surface area contributed by atoms with Gasteiger partial charge < -0.3 is 39.7 Å². The maximum absolute atomic E-state index is 13.0. The Hall–Kier alpha value is -4.45. The van der Waals surface area contributed by atoms with Crippen LogP contribution in [0, 0.1) is 0 Å². The molecule has 0 atom stereocenters. The number of aliphatic hydroxyl groups excluding tert-OH is 1. The van der Waals surface area contributed by atoms with Crippen molar-refractivity contribution >= 4 is 39.8 Å². The van der Waals surface area contributed by atoms with Gasteiger partial charge in [-0.15, -0.1) is 0 Å². The summed E-state index contributed by atoms with van der Waals surface area (Å²) in [4.78, 5) is 28.6. The van der Waals surface area contributed by atoms with E-state index in [4.69, 9.17) is 14.8 Å². The highest BCUT2D eigenvalue weighted by Gasteiger charge is 2.17. The minimum absolute atomic E-state index is 0.144. The van der Waals surface area contributed by atoms with Gasteiger partial charge in [0.1, 0.15) is 5.75 Å². The molecule has 0 aliphatic heterocycles. The van der Waals surface area contributed by atoms with Crippen LogP contribution in [0.15, 0.2) is 67.0 Å². The first-order valence-electron chi connectivity index (χ1n) is 14.7. The lowest BCUT2D eigenvalue weighted by atomic mass is 10.1. The average molecular weight is 601 g/mol. The third kappa shape index (κ3) is 8.34. The van der Waals surface area contributed by atoms with E-state index < -0.39 is 0 Å². The summed E-state index contributed by atoms with van der Waals surface area (Å²) in [6.07, 6.45) is 7.84. The van der Waals surface area contributed by atoms with Gasteiger partial charge >= 0.3 is 0 Å². The topological polar surface area (TPSA) is 111 Å². The largest absolute Gasteiger partial charge is 0.494 e. The van der Waals surface area contributed by atoms with Crippen LogP contribution in [0.3, 0.4) is 0 Å². The SMILES string of the molecule is COc1cc(N(C)CCN(C)C)c(NC(=O)/C=C/CN(C)CCCO)cc1Nc1nccc(-c2cn(C)c3ccccc23)n1. The molecule has 4 aromatic rings. The Balaban J connectivity index is 1.63. The van der Waals surface area contributed by atoms with Crippen LogP contribution in [-0.4, -0.2) is 103 Å². The molecule has 4 rings (SSSR count). The monoisotopic (exact) mass is 600 g/mol. The van der Waals surface area contributed by atoms with Gasteiger partial charge in [-0.2, -0.15) is 0 Å². The van der Waals surface area contributed by atoms with Gasteiger partial charge in [-0.25, -0.2) is 9.97 Å². The summed E-state index contributed by atoms with van der Waals surface area (Å²) < 4.78 is 7.87. The van der Waals surface area contributed by atoms with Crippen LogP contribution in [0.2, 0.25) is 0 Å². The molecule has 44 heavy (non-hydrogen) atoms. The number of likely N-dealkylation sites (N-methyl/N-ethyl adjacent to an activating group) is 3. The Labute approximate surface area is 259 Å². The highest BCUT2D eigenvalue weighted by molar-refractivity contribution is 6.02. The van der Waals surface area contributed by atoms with Crippen molar-refractivity contribution in [3.05, 3.63) is 67.0 Å². The average Bonchev–Trinajstić information content (AvgIpc) is 3.35. The number of nitrogens with one attached hydrogen (secondary N) is 2. The van der Waals surface area contributed by atoms with E-state index in [2.05, 4.69) is 48.3 Å². The van der Waals surface area contributed by atoms with Gasteiger partial charge in [0, 0.05) is 87.9 Å². The third-order valence-electron chi connectivity index (χ3n) is 7.33. The summed E-state index contributed by atoms with van der Waals surface area (Å²) >= 11 is 0. The molecule has 11 nitrogen and oxygen atoms in total. The minimum atomic E-state index is -0.242. The molecule has 0 spiro atoms. The zero-order chi connectivity index (χ0) is 31.6. The van der Waals surface area contributed by atoms with Crippen LogP contribution in [0.25, 0.3) is 22.2 Å². The van der Waals surface area contributed by atoms with Gasteiger partial charge in [-0.1, -0.05) is 24.3 Å². The second-order valence-corrected chi connectivity index (χ2v) is 11.1. The smallest absolute Gasteiger partial charge is 0.248 e. The van der Waals surface area contributed by atoms with Crippen molar-refractivity contribution in [2.75, 3.05) is 83.6 Å². The molecule has 0 bridgehead atoms. The zero-order valence-electron chi connectivity index (χ0n) is 26.5. The number of nitrogens with zero attached hydrogens (tertiary/aromatic N) is 6. The van der Waals surface area contributed by atoms with Gasteiger partial charge in [0.25, 0.3) is 0 Å². The zero-order valence-corrected chi connectivity index (χ0v) is 26.5. The van der Waals surface area contributed by atoms with E-state index in [0.29, 0.717) is 36.0 Å². The summed E-state index contributed by atoms with van der Waals surface area (Å²) in [5, 5.41) is 16.5. The molecule has 0 unspecified atom stereocenters. The van der Waals surface area contributed by atoms with Crippen LogP contribution in [0.1, 0.15) is 6.42 Å². The van der Waals surface area contributed by atoms with E-state index in [-0.39, 0.29) is 12.5 Å². The van der Waals surface area contributed by atoms with E-state index >= 15 is 0 Å². The van der Waals surface area contributed by atoms with Crippen molar-refractivity contribution in [2.24, 2.45) is 7.05 Å². The standard InChI is InChI=1S/C33H44N8O3/c1-38(2)18-19-40(4)30-22-31(44-6)28(21-27(30)35-32(43)13-9-16-39(3)17-10-20-42)37-33-34-15-14-26(36-33)25-23-41(5)29-12-8-7-11-24(25)29/h7-9,11-15,21-23,42H,10,16-20H2,1-6H3,(H,35,43)(H,34,36,37)/b13-9+. The number of anilines is 4. The lowest BCUT2D eigenvalue weighted by molar-refractivity contribution is -0.111. The van der Waals surface area contributed by atoms with Crippen LogP contribution < -0.4 is 20.3 Å². The number of carbonyl (C=O) groups is 1. The van der Waals surface area contributed by atoms with Crippen molar-refractivity contribution in [1.29, 1.82) is 0 Å². The fourth-order valence-electron chi connectivity index (χ4n) is 4.90. The summed E-state index contributed by atoms with van der Waals surface area (Å²) in [6.45, 7) is 3.07. The number of aromatic nitrogens is 3. The Morgan fingerprint density at radius 1 is 1.07 bits per heavy atom. The lowest BCUT2D eigenvalue weighted by Crippen LogP contribution is -2.29. The summed E-state index contributed by atoms with van der Waals surface area (Å²) in [6, 6.07) is 13.9. The molecule has 234 valence electrons. The fraction of sp³-hybridized carbons (Fsp3) is 0.364. The van der Waals surface area contributed by atoms with E-state index in [1.807, 2.05) is 76.5 Å². The number of rotatable bonds is 15. The molecule has 2 aromatic heterocycles. The first-order chi connectivity index (χ1) is 21.2. The molecule has 2 aromatic carbocycles. The van der Waals surface area contributed by atoms with Crippen molar-refractivity contribution in [3.63, 3.8) is 0 Å². The number of aliphatic hydroxyl groups is 1. The maximum atomic E-state index is 13.0. The van der Waals surface area contributed by atoms with Gasteiger partial charge in [0.2, 0.25) is 11.9 Å². The number of benzene rings is 2. The Bertz CT molecular complexity index is 1580. The number of aryl methyl sites for hydroxylation is 1. The molecule has 0 fully saturated rings. The second-order valence-electron chi connectivity index (χ2n) is 11.1. The van der Waals surface area contributed by atoms with Gasteiger partial charge in [0.05, 0.1) is 29.9 Å². The van der Waals surface area contributed by atoms with Crippen LogP contribution >= 0.6 is 0 Å². The Morgan fingerprint density at radius 3 is 2.61 bits per heavy atom. The van der Waals surface area contributed by atoms with Crippen molar-refractivity contribution < 1.29 is 14.6 Å². The van der Waals surface area contributed by atoms with Crippen LogP contribution in [0.5, 0.6) is 5.75 Å². The van der Waals surface area contributed by atoms with E-state index in [1.54, 1.807) is 13.3 Å². The van der Waals surface area contributed by atoms with Gasteiger partial charge in [-0.05, 0) is 45.8 Å². The minimum Gasteiger partial charge on any atom is -0.494 e. The number of hydrogen-bond acceptors (Lipinski definition) is 9. The lowest BCUT2D eigenvalue weighted by Gasteiger charge is -2.26. The number of para-hydroxylation sites is 1. The van der Waals surface area contributed by atoms with Crippen molar-refractivity contribution in [1.82, 2.24) is 24.3 Å². The quantitative estimate of drug-likeness (QED) is 0.173. The van der Waals surface area contributed by atoms with Crippen molar-refractivity contribution in [3.8, 4) is 17.0 Å². The van der Waals surface area contributed by atoms with E-state index in [0.717, 1.165) is 47.5 Å². The number of ether oxygens (including phenoxy) is 1. The molecule has 3 N–H and O–H groups in total. The normalized spacial score (nSPS) is 11.6. The van der Waals surface area contributed by atoms with E-state index in [9.17, 15) is 4.79 Å².